The van der Waals surface area contributed by atoms with Crippen LogP contribution in [0.4, 0.5) is 8.78 Å². The first kappa shape index (κ1) is 21.1. The van der Waals surface area contributed by atoms with Crippen LogP contribution in [0.5, 0.6) is 0 Å². The first-order valence-electron chi connectivity index (χ1n) is 9.40. The van der Waals surface area contributed by atoms with Gasteiger partial charge in [-0.2, -0.15) is 9.40 Å². The Morgan fingerprint density at radius 1 is 0.968 bits per heavy atom. The first-order valence-corrected chi connectivity index (χ1v) is 10.8. The number of rotatable bonds is 3. The second-order valence-corrected chi connectivity index (χ2v) is 9.03. The number of hydrogen-bond acceptors (Lipinski definition) is 5. The number of benzene rings is 2. The van der Waals surface area contributed by atoms with E-state index in [1.54, 1.807) is 24.3 Å². The quantitative estimate of drug-likeness (QED) is 0.603. The predicted octanol–water partition coefficient (Wildman–Crippen LogP) is 1.36. The molecule has 162 valence electrons. The number of carbonyl (C=O) groups is 1. The van der Waals surface area contributed by atoms with Gasteiger partial charge in [-0.1, -0.05) is 18.2 Å². The smallest absolute Gasteiger partial charge is 0.275 e. The van der Waals surface area contributed by atoms with Crippen molar-refractivity contribution in [1.29, 1.82) is 0 Å². The van der Waals surface area contributed by atoms with Gasteiger partial charge in [-0.3, -0.25) is 9.59 Å². The van der Waals surface area contributed by atoms with Gasteiger partial charge < -0.3 is 4.90 Å². The number of piperazine rings is 1. The van der Waals surface area contributed by atoms with Gasteiger partial charge in [0.25, 0.3) is 11.5 Å². The van der Waals surface area contributed by atoms with Crippen molar-refractivity contribution in [3.8, 4) is 0 Å². The number of halogens is 2. The zero-order valence-electron chi connectivity index (χ0n) is 16.5. The van der Waals surface area contributed by atoms with E-state index in [0.29, 0.717) is 16.8 Å². The average molecular weight is 448 g/mol. The molecule has 1 fully saturated rings. The van der Waals surface area contributed by atoms with E-state index in [-0.39, 0.29) is 42.3 Å². The summed E-state index contributed by atoms with van der Waals surface area (Å²) in [6.45, 7) is 0.134. The standard InChI is InChI=1S/C20H18F2N4O4S/c1-24-19(27)15-5-3-2-4-14(15)18(23-24)20(28)25-8-10-26(11-9-25)31(29,30)13-6-7-16(21)17(22)12-13/h2-7,12H,8-11H2,1H3. The van der Waals surface area contributed by atoms with E-state index in [1.807, 2.05) is 0 Å². The van der Waals surface area contributed by atoms with Crippen LogP contribution < -0.4 is 5.56 Å². The maximum absolute atomic E-state index is 13.5. The number of fused-ring (bicyclic) bond motifs is 1. The molecular weight excluding hydrogens is 430 g/mol. The Balaban J connectivity index is 1.56. The van der Waals surface area contributed by atoms with Crippen molar-refractivity contribution in [2.75, 3.05) is 26.2 Å². The molecule has 0 saturated carbocycles. The van der Waals surface area contributed by atoms with Crippen LogP contribution in [0.25, 0.3) is 10.8 Å². The molecule has 0 unspecified atom stereocenters. The Hall–Kier alpha value is -3.18. The monoisotopic (exact) mass is 448 g/mol. The van der Waals surface area contributed by atoms with Gasteiger partial charge in [0.1, 0.15) is 0 Å². The lowest BCUT2D eigenvalue weighted by Gasteiger charge is -2.34. The largest absolute Gasteiger partial charge is 0.335 e. The van der Waals surface area contributed by atoms with E-state index >= 15 is 0 Å². The Labute approximate surface area is 176 Å². The topological polar surface area (TPSA) is 92.6 Å². The highest BCUT2D eigenvalue weighted by molar-refractivity contribution is 7.89. The Morgan fingerprint density at radius 2 is 1.61 bits per heavy atom. The Bertz CT molecular complexity index is 1350. The number of carbonyl (C=O) groups excluding carboxylic acids is 1. The second kappa shape index (κ2) is 7.82. The van der Waals surface area contributed by atoms with Crippen LogP contribution >= 0.6 is 0 Å². The number of aromatic nitrogens is 2. The third-order valence-electron chi connectivity index (χ3n) is 5.21. The van der Waals surface area contributed by atoms with Gasteiger partial charge >= 0.3 is 0 Å². The van der Waals surface area contributed by atoms with E-state index in [0.717, 1.165) is 21.1 Å². The minimum Gasteiger partial charge on any atom is -0.335 e. The zero-order valence-corrected chi connectivity index (χ0v) is 17.3. The summed E-state index contributed by atoms with van der Waals surface area (Å²) >= 11 is 0. The highest BCUT2D eigenvalue weighted by atomic mass is 32.2. The van der Waals surface area contributed by atoms with Crippen LogP contribution in [0, 0.1) is 11.6 Å². The van der Waals surface area contributed by atoms with Gasteiger partial charge in [0.15, 0.2) is 17.3 Å². The van der Waals surface area contributed by atoms with Crippen molar-refractivity contribution in [2.45, 2.75) is 4.90 Å². The van der Waals surface area contributed by atoms with E-state index in [2.05, 4.69) is 5.10 Å². The normalized spacial score (nSPS) is 15.4. The number of aryl methyl sites for hydroxylation is 1. The van der Waals surface area contributed by atoms with Crippen molar-refractivity contribution in [3.63, 3.8) is 0 Å². The molecule has 1 aromatic heterocycles. The summed E-state index contributed by atoms with van der Waals surface area (Å²) in [4.78, 5) is 26.4. The van der Waals surface area contributed by atoms with Crippen molar-refractivity contribution in [1.82, 2.24) is 19.0 Å². The molecule has 0 aliphatic carbocycles. The van der Waals surface area contributed by atoms with Crippen LogP contribution in [-0.2, 0) is 17.1 Å². The summed E-state index contributed by atoms with van der Waals surface area (Å²) < 4.78 is 54.3. The van der Waals surface area contributed by atoms with Gasteiger partial charge in [0, 0.05) is 38.6 Å². The molecule has 0 atom stereocenters. The summed E-state index contributed by atoms with van der Waals surface area (Å²) in [6.07, 6.45) is 0. The van der Waals surface area contributed by atoms with Crippen LogP contribution in [0.15, 0.2) is 52.2 Å². The number of hydrogen-bond donors (Lipinski definition) is 0. The summed E-state index contributed by atoms with van der Waals surface area (Å²) in [6, 6.07) is 9.06. The van der Waals surface area contributed by atoms with Crippen molar-refractivity contribution < 1.29 is 22.0 Å². The highest BCUT2D eigenvalue weighted by Crippen LogP contribution is 2.21. The molecule has 0 N–H and O–H groups in total. The summed E-state index contributed by atoms with van der Waals surface area (Å²) in [5.41, 5.74) is -0.218. The fraction of sp³-hybridized carbons (Fsp3) is 0.250. The predicted molar refractivity (Wildman–Crippen MR) is 108 cm³/mol. The zero-order chi connectivity index (χ0) is 22.3. The number of amides is 1. The third kappa shape index (κ3) is 3.70. The van der Waals surface area contributed by atoms with Crippen LogP contribution in [-0.4, -0.2) is 59.5 Å². The minimum absolute atomic E-state index is 0.0171. The molecule has 4 rings (SSSR count). The molecule has 2 aromatic carbocycles. The lowest BCUT2D eigenvalue weighted by atomic mass is 10.1. The molecule has 3 aromatic rings. The first-order chi connectivity index (χ1) is 14.7. The van der Waals surface area contributed by atoms with Crippen LogP contribution in [0.3, 0.4) is 0 Å². The van der Waals surface area contributed by atoms with Gasteiger partial charge in [0.2, 0.25) is 10.0 Å². The lowest BCUT2D eigenvalue weighted by Crippen LogP contribution is -2.50. The summed E-state index contributed by atoms with van der Waals surface area (Å²) in [5, 5.41) is 4.90. The Kier molecular flexibility index (Phi) is 5.31. The minimum atomic E-state index is -4.03. The molecule has 1 aliphatic heterocycles. The van der Waals surface area contributed by atoms with Crippen LogP contribution in [0.2, 0.25) is 0 Å². The molecule has 1 aliphatic rings. The fourth-order valence-electron chi connectivity index (χ4n) is 3.53. The molecule has 0 spiro atoms. The highest BCUT2D eigenvalue weighted by Gasteiger charge is 2.32. The number of sulfonamides is 1. The fourth-order valence-corrected chi connectivity index (χ4v) is 4.96. The lowest BCUT2D eigenvalue weighted by molar-refractivity contribution is 0.0691. The summed E-state index contributed by atoms with van der Waals surface area (Å²) in [7, 11) is -2.58. The van der Waals surface area contributed by atoms with E-state index in [4.69, 9.17) is 0 Å². The molecular formula is C20H18F2N4O4S. The van der Waals surface area contributed by atoms with Gasteiger partial charge in [-0.05, 0) is 24.3 Å². The summed E-state index contributed by atoms with van der Waals surface area (Å²) in [5.74, 6) is -2.80. The van der Waals surface area contributed by atoms with E-state index in [9.17, 15) is 26.8 Å². The molecule has 0 bridgehead atoms. The van der Waals surface area contributed by atoms with E-state index < -0.39 is 27.6 Å². The van der Waals surface area contributed by atoms with E-state index in [1.165, 1.54) is 11.9 Å². The second-order valence-electron chi connectivity index (χ2n) is 7.10. The third-order valence-corrected chi connectivity index (χ3v) is 7.11. The molecule has 2 heterocycles. The number of nitrogens with zero attached hydrogens (tertiary/aromatic N) is 4. The average Bonchev–Trinajstić information content (AvgIpc) is 2.77. The van der Waals surface area contributed by atoms with Crippen LogP contribution in [0.1, 0.15) is 10.5 Å². The molecule has 0 radical (unpaired) electrons. The molecule has 1 amide bonds. The SMILES string of the molecule is Cn1nc(C(=O)N2CCN(S(=O)(=O)c3ccc(F)c(F)c3)CC2)c2ccccc2c1=O. The molecule has 1 saturated heterocycles. The van der Waals surface area contributed by atoms with Gasteiger partial charge in [0.05, 0.1) is 10.3 Å². The van der Waals surface area contributed by atoms with Gasteiger partial charge in [-0.15, -0.1) is 0 Å². The maximum atomic E-state index is 13.5. The van der Waals surface area contributed by atoms with Crippen molar-refractivity contribution >= 4 is 26.7 Å². The molecule has 11 heteroatoms. The maximum Gasteiger partial charge on any atom is 0.275 e. The van der Waals surface area contributed by atoms with Crippen molar-refractivity contribution in [3.05, 3.63) is 70.1 Å². The Morgan fingerprint density at radius 3 is 2.26 bits per heavy atom. The molecule has 8 nitrogen and oxygen atoms in total. The van der Waals surface area contributed by atoms with Gasteiger partial charge in [-0.25, -0.2) is 21.9 Å². The van der Waals surface area contributed by atoms with Crippen molar-refractivity contribution in [2.24, 2.45) is 7.05 Å². The molecule has 31 heavy (non-hydrogen) atoms.